The first-order valence-corrected chi connectivity index (χ1v) is 8.50. The molecule has 2 aromatic rings. The van der Waals surface area contributed by atoms with Gasteiger partial charge in [0.25, 0.3) is 0 Å². The Balaban J connectivity index is 0.00000208. The molecule has 0 saturated carbocycles. The lowest BCUT2D eigenvalue weighted by Crippen LogP contribution is -2.39. The Morgan fingerprint density at radius 1 is 1.04 bits per heavy atom. The molecule has 3 rings (SSSR count). The quantitative estimate of drug-likeness (QED) is 0.412. The molecule has 3 nitrogen and oxygen atoms in total. The molecule has 2 aromatic carbocycles. The maximum Gasteiger partial charge on any atom is 0.191 e. The molecule has 0 spiro atoms. The molecule has 24 heavy (non-hydrogen) atoms. The van der Waals surface area contributed by atoms with Gasteiger partial charge in [0.1, 0.15) is 0 Å². The monoisotopic (exact) mass is 435 g/mol. The molecular formula is C20H26IN3. The highest BCUT2D eigenvalue weighted by Gasteiger charge is 2.24. The lowest BCUT2D eigenvalue weighted by molar-refractivity contribution is 0.614. The van der Waals surface area contributed by atoms with E-state index in [1.807, 2.05) is 0 Å². The predicted octanol–water partition coefficient (Wildman–Crippen LogP) is 3.74. The average molecular weight is 435 g/mol. The summed E-state index contributed by atoms with van der Waals surface area (Å²) < 4.78 is 0. The molecule has 1 aliphatic carbocycles. The Bertz CT molecular complexity index is 655. The van der Waals surface area contributed by atoms with Gasteiger partial charge in [0.2, 0.25) is 0 Å². The molecule has 1 unspecified atom stereocenters. The van der Waals surface area contributed by atoms with Crippen LogP contribution in [0.25, 0.3) is 0 Å². The van der Waals surface area contributed by atoms with Crippen LogP contribution in [0, 0.1) is 0 Å². The van der Waals surface area contributed by atoms with Gasteiger partial charge >= 0.3 is 0 Å². The van der Waals surface area contributed by atoms with Crippen LogP contribution in [0.15, 0.2) is 59.6 Å². The van der Waals surface area contributed by atoms with Gasteiger partial charge in [-0.15, -0.1) is 24.0 Å². The van der Waals surface area contributed by atoms with E-state index in [1.54, 1.807) is 0 Å². The predicted molar refractivity (Wildman–Crippen MR) is 112 cm³/mol. The van der Waals surface area contributed by atoms with Crippen LogP contribution in [0.1, 0.15) is 29.5 Å². The van der Waals surface area contributed by atoms with Crippen molar-refractivity contribution in [1.29, 1.82) is 0 Å². The Labute approximate surface area is 162 Å². The summed E-state index contributed by atoms with van der Waals surface area (Å²) in [4.78, 5) is 4.76. The minimum atomic E-state index is 0. The lowest BCUT2D eigenvalue weighted by Gasteiger charge is -2.28. The van der Waals surface area contributed by atoms with Crippen LogP contribution in [0.4, 0.5) is 0 Å². The molecule has 0 amide bonds. The average Bonchev–Trinajstić information content (AvgIpc) is 2.56. The van der Waals surface area contributed by atoms with Gasteiger partial charge in [0.15, 0.2) is 5.96 Å². The second kappa shape index (κ2) is 9.67. The third kappa shape index (κ3) is 4.97. The van der Waals surface area contributed by atoms with Crippen molar-refractivity contribution in [2.75, 3.05) is 19.6 Å². The zero-order chi connectivity index (χ0) is 15.9. The highest BCUT2D eigenvalue weighted by molar-refractivity contribution is 14.0. The third-order valence-corrected chi connectivity index (χ3v) is 4.32. The van der Waals surface area contributed by atoms with Gasteiger partial charge in [-0.2, -0.15) is 0 Å². The van der Waals surface area contributed by atoms with Crippen molar-refractivity contribution in [2.24, 2.45) is 4.99 Å². The number of aliphatic imine (C=N–C) groups is 1. The summed E-state index contributed by atoms with van der Waals surface area (Å²) in [7, 11) is 0. The second-order valence-corrected chi connectivity index (χ2v) is 5.98. The molecule has 2 N–H and O–H groups in total. The number of halogens is 1. The number of rotatable bonds is 6. The SMILES string of the molecule is CCNC(=NCC1Cc2ccccc21)NCCc1ccccc1.I. The molecule has 0 saturated heterocycles. The summed E-state index contributed by atoms with van der Waals surface area (Å²) in [6.07, 6.45) is 2.17. The first kappa shape index (κ1) is 18.8. The van der Waals surface area contributed by atoms with Crippen LogP contribution in [0.2, 0.25) is 0 Å². The molecule has 1 aliphatic rings. The number of hydrogen-bond acceptors (Lipinski definition) is 1. The number of fused-ring (bicyclic) bond motifs is 1. The summed E-state index contributed by atoms with van der Waals surface area (Å²) in [5, 5.41) is 6.77. The molecule has 128 valence electrons. The number of guanidine groups is 1. The minimum Gasteiger partial charge on any atom is -0.357 e. The summed E-state index contributed by atoms with van der Waals surface area (Å²) in [6, 6.07) is 19.2. The normalized spacial score (nSPS) is 15.7. The lowest BCUT2D eigenvalue weighted by atomic mass is 9.78. The van der Waals surface area contributed by atoms with E-state index < -0.39 is 0 Å². The van der Waals surface area contributed by atoms with Gasteiger partial charge in [-0.05, 0) is 36.5 Å². The molecule has 0 aromatic heterocycles. The van der Waals surface area contributed by atoms with E-state index in [4.69, 9.17) is 4.99 Å². The maximum absolute atomic E-state index is 4.76. The molecule has 0 bridgehead atoms. The summed E-state index contributed by atoms with van der Waals surface area (Å²) in [5.74, 6) is 1.50. The second-order valence-electron chi connectivity index (χ2n) is 5.98. The molecule has 0 aliphatic heterocycles. The molecule has 0 fully saturated rings. The van der Waals surface area contributed by atoms with Gasteiger partial charge in [-0.3, -0.25) is 4.99 Å². The van der Waals surface area contributed by atoms with E-state index in [9.17, 15) is 0 Å². The minimum absolute atomic E-state index is 0. The fraction of sp³-hybridized carbons (Fsp3) is 0.350. The van der Waals surface area contributed by atoms with E-state index in [0.717, 1.165) is 38.4 Å². The first-order valence-electron chi connectivity index (χ1n) is 8.50. The van der Waals surface area contributed by atoms with Crippen molar-refractivity contribution in [3.8, 4) is 0 Å². The first-order chi connectivity index (χ1) is 11.4. The van der Waals surface area contributed by atoms with Crippen molar-refractivity contribution < 1.29 is 0 Å². The number of nitrogens with zero attached hydrogens (tertiary/aromatic N) is 1. The van der Waals surface area contributed by atoms with Crippen molar-refractivity contribution in [3.63, 3.8) is 0 Å². The summed E-state index contributed by atoms with van der Waals surface area (Å²) in [6.45, 7) is 4.75. The smallest absolute Gasteiger partial charge is 0.191 e. The van der Waals surface area contributed by atoms with Gasteiger partial charge in [0, 0.05) is 25.6 Å². The van der Waals surface area contributed by atoms with Crippen LogP contribution < -0.4 is 10.6 Å². The third-order valence-electron chi connectivity index (χ3n) is 4.32. The fourth-order valence-corrected chi connectivity index (χ4v) is 3.04. The molecule has 0 radical (unpaired) electrons. The number of nitrogens with one attached hydrogen (secondary N) is 2. The Kier molecular flexibility index (Phi) is 7.56. The van der Waals surface area contributed by atoms with E-state index in [0.29, 0.717) is 5.92 Å². The van der Waals surface area contributed by atoms with Crippen molar-refractivity contribution in [2.45, 2.75) is 25.7 Å². The largest absolute Gasteiger partial charge is 0.357 e. The van der Waals surface area contributed by atoms with E-state index in [2.05, 4.69) is 72.2 Å². The van der Waals surface area contributed by atoms with E-state index in [1.165, 1.54) is 16.7 Å². The zero-order valence-electron chi connectivity index (χ0n) is 14.2. The standard InChI is InChI=1S/C20H25N3.HI/c1-2-21-20(22-13-12-16-8-4-3-5-9-16)23-15-18-14-17-10-6-7-11-19(17)18;/h3-11,18H,2,12-15H2,1H3,(H2,21,22,23);1H. The Morgan fingerprint density at radius 2 is 1.79 bits per heavy atom. The van der Waals surface area contributed by atoms with Gasteiger partial charge in [-0.25, -0.2) is 0 Å². The molecule has 1 atom stereocenters. The highest BCUT2D eigenvalue weighted by atomic mass is 127. The van der Waals surface area contributed by atoms with Crippen LogP contribution in [-0.4, -0.2) is 25.6 Å². The van der Waals surface area contributed by atoms with E-state index in [-0.39, 0.29) is 24.0 Å². The Hall–Kier alpha value is -1.56. The molecule has 4 heteroatoms. The van der Waals surface area contributed by atoms with Gasteiger partial charge in [-0.1, -0.05) is 54.6 Å². The fourth-order valence-electron chi connectivity index (χ4n) is 3.04. The molecule has 0 heterocycles. The summed E-state index contributed by atoms with van der Waals surface area (Å²) in [5.41, 5.74) is 4.30. The van der Waals surface area contributed by atoms with Crippen LogP contribution in [-0.2, 0) is 12.8 Å². The van der Waals surface area contributed by atoms with Crippen LogP contribution >= 0.6 is 24.0 Å². The zero-order valence-corrected chi connectivity index (χ0v) is 16.5. The number of benzene rings is 2. The summed E-state index contributed by atoms with van der Waals surface area (Å²) >= 11 is 0. The highest BCUT2D eigenvalue weighted by Crippen LogP contribution is 2.34. The molecular weight excluding hydrogens is 409 g/mol. The van der Waals surface area contributed by atoms with Crippen molar-refractivity contribution in [3.05, 3.63) is 71.3 Å². The maximum atomic E-state index is 4.76. The van der Waals surface area contributed by atoms with Crippen LogP contribution in [0.5, 0.6) is 0 Å². The van der Waals surface area contributed by atoms with E-state index >= 15 is 0 Å². The number of hydrogen-bond donors (Lipinski definition) is 2. The Morgan fingerprint density at radius 3 is 2.54 bits per heavy atom. The van der Waals surface area contributed by atoms with Crippen molar-refractivity contribution in [1.82, 2.24) is 10.6 Å². The topological polar surface area (TPSA) is 36.4 Å². The van der Waals surface area contributed by atoms with Gasteiger partial charge in [0.05, 0.1) is 0 Å². The van der Waals surface area contributed by atoms with Crippen molar-refractivity contribution >= 4 is 29.9 Å². The van der Waals surface area contributed by atoms with Crippen LogP contribution in [0.3, 0.4) is 0 Å². The van der Waals surface area contributed by atoms with Gasteiger partial charge < -0.3 is 10.6 Å².